The fourth-order valence-electron chi connectivity index (χ4n) is 10.3. The quantitative estimate of drug-likeness (QED) is 0.120. The Balaban J connectivity index is 0.000000169. The molecule has 0 aliphatic rings. The van der Waals surface area contributed by atoms with E-state index in [1.165, 1.54) is 50.1 Å². The molecule has 0 atom stereocenters. The number of rotatable bonds is 11. The van der Waals surface area contributed by atoms with E-state index < -0.39 is 0 Å². The summed E-state index contributed by atoms with van der Waals surface area (Å²) in [5.74, 6) is 0.450. The van der Waals surface area contributed by atoms with Gasteiger partial charge in [-0.2, -0.15) is 0 Å². The van der Waals surface area contributed by atoms with Crippen molar-refractivity contribution in [1.29, 1.82) is 0 Å². The van der Waals surface area contributed by atoms with E-state index >= 15 is 0 Å². The first-order valence-electron chi connectivity index (χ1n) is 32.1. The zero-order valence-electron chi connectivity index (χ0n) is 55.4. The molecular weight excluding hydrogens is 1740 g/mol. The van der Waals surface area contributed by atoms with Crippen molar-refractivity contribution in [1.82, 2.24) is 29.9 Å². The maximum absolute atomic E-state index is 4.64. The van der Waals surface area contributed by atoms with Gasteiger partial charge in [0.2, 0.25) is 0 Å². The zero-order valence-corrected chi connectivity index (χ0v) is 62.6. The largest absolute Gasteiger partial charge is 0.305 e. The Hall–Kier alpha value is -10.2. The van der Waals surface area contributed by atoms with Crippen LogP contribution in [0.5, 0.6) is 0 Å². The minimum atomic E-state index is 0. The fourth-order valence-corrected chi connectivity index (χ4v) is 10.3. The summed E-state index contributed by atoms with van der Waals surface area (Å²) in [7, 11) is 0. The van der Waals surface area contributed by atoms with Gasteiger partial charge in [-0.15, -0.1) is 215 Å². The Morgan fingerprint density at radius 2 is 0.566 bits per heavy atom. The second-order valence-corrected chi connectivity index (χ2v) is 22.2. The Morgan fingerprint density at radius 3 is 0.869 bits per heavy atom. The minimum Gasteiger partial charge on any atom is -0.305 e. The van der Waals surface area contributed by atoms with Crippen LogP contribution in [0.2, 0.25) is 0 Å². The van der Waals surface area contributed by atoms with Crippen molar-refractivity contribution < 1.29 is 60.3 Å². The third-order valence-corrected chi connectivity index (χ3v) is 15.2. The fraction of sp³-hybridized carbons (Fsp3) is 0.0667. The van der Waals surface area contributed by atoms with Crippen molar-refractivity contribution in [3.63, 3.8) is 0 Å². The van der Waals surface area contributed by atoms with Crippen LogP contribution in [0, 0.1) is 43.3 Å². The van der Waals surface area contributed by atoms with Crippen LogP contribution in [-0.2, 0) is 66.7 Å². The van der Waals surface area contributed by atoms with Gasteiger partial charge in [-0.25, -0.2) is 0 Å². The molecular formula is C90H72Ir3N6-6. The molecule has 0 fully saturated rings. The van der Waals surface area contributed by atoms with Gasteiger partial charge in [-0.1, -0.05) is 166 Å². The average molecular weight is 1810 g/mol. The van der Waals surface area contributed by atoms with E-state index in [0.717, 1.165) is 74.0 Å². The first-order valence-corrected chi connectivity index (χ1v) is 32.1. The number of hydrogen-bond donors (Lipinski definition) is 0. The molecule has 6 nitrogen and oxygen atoms in total. The van der Waals surface area contributed by atoms with Gasteiger partial charge >= 0.3 is 0 Å². The molecule has 3 radical (unpaired) electrons. The predicted octanol–water partition coefficient (Wildman–Crippen LogP) is 22.3. The van der Waals surface area contributed by atoms with Gasteiger partial charge in [0.25, 0.3) is 0 Å². The standard InChI is InChI=1S/C20H18N.C19H16N.C18H14N.3C11H8N.3Ir/c1-15(2)18-13-20(17-11-7-4-8-12-17)21-14-19(18)16-9-5-3-6-10-16;1-2-15-13-19(17-11-7-4-8-12-17)20-14-18(15)16-9-5-3-6-10-16;1-14-12-18(16-10-6-3-7-11-16)19-13-17(14)15-8-4-2-5-9-15;3*1-2-6-10(7-3-1)11-8-4-5-9-12-11;;;/h3-11,13-15H,1-2H3;3-11,13-14H,2H2,1H3;2-10,12-13H,1H3;3*1-6,8-9H;;;/q6*-1;;;. The zero-order chi connectivity index (χ0) is 66.2. The van der Waals surface area contributed by atoms with Crippen molar-refractivity contribution >= 4 is 0 Å². The molecule has 0 saturated carbocycles. The molecule has 0 bridgehead atoms. The summed E-state index contributed by atoms with van der Waals surface area (Å²) in [6.45, 7) is 8.75. The molecule has 0 amide bonds. The molecule has 15 rings (SSSR count). The molecule has 495 valence electrons. The second kappa shape index (κ2) is 41.8. The molecule has 15 aromatic rings. The summed E-state index contributed by atoms with van der Waals surface area (Å²) in [6, 6.07) is 122. The van der Waals surface area contributed by atoms with Crippen molar-refractivity contribution in [2.24, 2.45) is 0 Å². The molecule has 0 saturated heterocycles. The van der Waals surface area contributed by atoms with Gasteiger partial charge in [0.15, 0.2) is 0 Å². The SMILES string of the molecule is CC(C)c1cc(-c2[c-]cccc2)ncc1-c1ccccc1.CCc1cc(-c2[c-]cccc2)ncc1-c1ccccc1.Cc1cc(-c2[c-]cccc2)ncc1-c1ccccc1.[Ir].[Ir].[Ir].[c-]1ccccc1-c1ccccn1.[c-]1ccccc1-c1ccccn1.[c-]1ccccc1-c1ccccn1. The van der Waals surface area contributed by atoms with E-state index in [4.69, 9.17) is 0 Å². The molecule has 0 unspecified atom stereocenters. The average Bonchev–Trinajstić information content (AvgIpc) is 0.888. The number of hydrogen-bond acceptors (Lipinski definition) is 6. The maximum atomic E-state index is 4.64. The van der Waals surface area contributed by atoms with Gasteiger partial charge in [0, 0.05) is 114 Å². The normalized spacial score (nSPS) is 9.91. The molecule has 0 N–H and O–H groups in total. The van der Waals surface area contributed by atoms with Crippen LogP contribution >= 0.6 is 0 Å². The molecule has 9 aromatic carbocycles. The third-order valence-electron chi connectivity index (χ3n) is 15.2. The number of pyridine rings is 6. The van der Waals surface area contributed by atoms with Crippen LogP contribution in [0.4, 0.5) is 0 Å². The Kier molecular flexibility index (Phi) is 32.2. The topological polar surface area (TPSA) is 77.3 Å². The molecule has 6 aromatic heterocycles. The number of nitrogens with zero attached hydrogens (tertiary/aromatic N) is 6. The molecule has 6 heterocycles. The van der Waals surface area contributed by atoms with Crippen molar-refractivity contribution in [3.8, 4) is 101 Å². The summed E-state index contributed by atoms with van der Waals surface area (Å²) in [5, 5.41) is 0. The molecule has 0 aliphatic carbocycles. The van der Waals surface area contributed by atoms with Crippen LogP contribution in [0.25, 0.3) is 101 Å². The van der Waals surface area contributed by atoms with Crippen molar-refractivity contribution in [2.45, 2.75) is 40.0 Å². The Labute approximate surface area is 625 Å². The van der Waals surface area contributed by atoms with Gasteiger partial charge in [-0.05, 0) is 105 Å². The van der Waals surface area contributed by atoms with E-state index in [-0.39, 0.29) is 60.3 Å². The van der Waals surface area contributed by atoms with Crippen LogP contribution in [0.1, 0.15) is 43.4 Å². The van der Waals surface area contributed by atoms with E-state index in [9.17, 15) is 0 Å². The Morgan fingerprint density at radius 1 is 0.283 bits per heavy atom. The summed E-state index contributed by atoms with van der Waals surface area (Å²) in [5.41, 5.74) is 23.2. The molecule has 9 heteroatoms. The van der Waals surface area contributed by atoms with Gasteiger partial charge in [0.1, 0.15) is 0 Å². The van der Waals surface area contributed by atoms with Gasteiger partial charge < -0.3 is 29.9 Å². The maximum Gasteiger partial charge on any atom is 0.0242 e. The number of benzene rings is 9. The van der Waals surface area contributed by atoms with Crippen LogP contribution in [-0.4, -0.2) is 29.9 Å². The smallest absolute Gasteiger partial charge is 0.0242 e. The van der Waals surface area contributed by atoms with Crippen LogP contribution in [0.3, 0.4) is 0 Å². The van der Waals surface area contributed by atoms with Crippen molar-refractivity contribution in [2.75, 3.05) is 0 Å². The number of aromatic nitrogens is 6. The summed E-state index contributed by atoms with van der Waals surface area (Å²) in [4.78, 5) is 26.4. The first-order chi connectivity index (χ1) is 47.4. The van der Waals surface area contributed by atoms with Crippen LogP contribution in [0.15, 0.2) is 347 Å². The van der Waals surface area contributed by atoms with E-state index in [1.54, 1.807) is 18.6 Å². The molecule has 99 heavy (non-hydrogen) atoms. The summed E-state index contributed by atoms with van der Waals surface area (Å²) < 4.78 is 0. The summed E-state index contributed by atoms with van der Waals surface area (Å²) >= 11 is 0. The van der Waals surface area contributed by atoms with E-state index in [2.05, 4.69) is 179 Å². The minimum absolute atomic E-state index is 0. The second-order valence-electron chi connectivity index (χ2n) is 22.2. The monoisotopic (exact) mass is 1820 g/mol. The predicted molar refractivity (Wildman–Crippen MR) is 396 cm³/mol. The molecule has 0 spiro atoms. The molecule has 0 aliphatic heterocycles. The summed E-state index contributed by atoms with van der Waals surface area (Å²) in [6.07, 6.45) is 12.3. The van der Waals surface area contributed by atoms with Gasteiger partial charge in [0.05, 0.1) is 0 Å². The van der Waals surface area contributed by atoms with Crippen LogP contribution < -0.4 is 0 Å². The Bertz CT molecular complexity index is 4360. The van der Waals surface area contributed by atoms with E-state index in [0.29, 0.717) is 5.92 Å². The van der Waals surface area contributed by atoms with E-state index in [1.807, 2.05) is 243 Å². The van der Waals surface area contributed by atoms with Gasteiger partial charge in [-0.3, -0.25) is 0 Å². The third kappa shape index (κ3) is 23.2. The first kappa shape index (κ1) is 76.2. The number of aryl methyl sites for hydroxylation is 2. The van der Waals surface area contributed by atoms with Crippen molar-refractivity contribution in [3.05, 3.63) is 400 Å².